The molecule has 0 amide bonds. The molecule has 2 N–H and O–H groups in total. The number of hydrogen-bond acceptors (Lipinski definition) is 3. The number of rotatable bonds is 6. The van der Waals surface area contributed by atoms with Gasteiger partial charge < -0.3 is 10.6 Å². The van der Waals surface area contributed by atoms with Gasteiger partial charge in [-0.1, -0.05) is 6.92 Å². The van der Waals surface area contributed by atoms with Crippen molar-refractivity contribution in [2.75, 3.05) is 20.1 Å². The molecule has 1 aromatic heterocycles. The van der Waals surface area contributed by atoms with Gasteiger partial charge in [0.15, 0.2) is 0 Å². The van der Waals surface area contributed by atoms with Gasteiger partial charge in [-0.25, -0.2) is 0 Å². The van der Waals surface area contributed by atoms with Gasteiger partial charge in [0.2, 0.25) is 0 Å². The molecule has 0 bridgehead atoms. The summed E-state index contributed by atoms with van der Waals surface area (Å²) >= 11 is 0. The average Bonchev–Trinajstić information content (AvgIpc) is 2.27. The van der Waals surface area contributed by atoms with E-state index in [1.165, 1.54) is 5.56 Å². The maximum Gasteiger partial charge on any atom is 0.0270 e. The summed E-state index contributed by atoms with van der Waals surface area (Å²) in [5.41, 5.74) is 7.20. The van der Waals surface area contributed by atoms with Gasteiger partial charge in [-0.2, -0.15) is 0 Å². The lowest BCUT2D eigenvalue weighted by Crippen LogP contribution is -2.35. The van der Waals surface area contributed by atoms with Gasteiger partial charge >= 0.3 is 0 Å². The second-order valence-corrected chi connectivity index (χ2v) is 4.70. The predicted octanol–water partition coefficient (Wildman–Crippen LogP) is 1.54. The third-order valence-corrected chi connectivity index (χ3v) is 3.03. The molecular weight excluding hydrogens is 198 g/mol. The second kappa shape index (κ2) is 6.61. The van der Waals surface area contributed by atoms with E-state index in [9.17, 15) is 0 Å². The SMILES string of the molecule is CC(N)C(C)CN(C)CCc1ccncc1. The van der Waals surface area contributed by atoms with E-state index in [-0.39, 0.29) is 6.04 Å². The molecule has 16 heavy (non-hydrogen) atoms. The van der Waals surface area contributed by atoms with Gasteiger partial charge in [-0.15, -0.1) is 0 Å². The highest BCUT2D eigenvalue weighted by Crippen LogP contribution is 2.04. The van der Waals surface area contributed by atoms with E-state index in [1.807, 2.05) is 12.4 Å². The molecule has 0 aliphatic rings. The molecule has 2 atom stereocenters. The summed E-state index contributed by atoms with van der Waals surface area (Å²) in [5, 5.41) is 0. The second-order valence-electron chi connectivity index (χ2n) is 4.70. The molecule has 0 aromatic carbocycles. The Bertz CT molecular complexity index is 284. The fourth-order valence-corrected chi connectivity index (χ4v) is 1.62. The van der Waals surface area contributed by atoms with E-state index >= 15 is 0 Å². The summed E-state index contributed by atoms with van der Waals surface area (Å²) in [6.45, 7) is 6.40. The monoisotopic (exact) mass is 221 g/mol. The molecule has 0 spiro atoms. The van der Waals surface area contributed by atoms with E-state index in [4.69, 9.17) is 5.73 Å². The van der Waals surface area contributed by atoms with E-state index in [0.717, 1.165) is 19.5 Å². The highest BCUT2D eigenvalue weighted by molar-refractivity contribution is 5.09. The first-order valence-corrected chi connectivity index (χ1v) is 5.92. The van der Waals surface area contributed by atoms with Crippen LogP contribution in [0.3, 0.4) is 0 Å². The van der Waals surface area contributed by atoms with Gasteiger partial charge in [0.05, 0.1) is 0 Å². The summed E-state index contributed by atoms with van der Waals surface area (Å²) in [6.07, 6.45) is 4.77. The third-order valence-electron chi connectivity index (χ3n) is 3.03. The molecule has 0 fully saturated rings. The smallest absolute Gasteiger partial charge is 0.0270 e. The van der Waals surface area contributed by atoms with Crippen molar-refractivity contribution in [3.63, 3.8) is 0 Å². The van der Waals surface area contributed by atoms with Gasteiger partial charge in [0.1, 0.15) is 0 Å². The van der Waals surface area contributed by atoms with E-state index in [1.54, 1.807) is 0 Å². The first kappa shape index (κ1) is 13.1. The Kier molecular flexibility index (Phi) is 5.43. The lowest BCUT2D eigenvalue weighted by atomic mass is 10.0. The van der Waals surface area contributed by atoms with Crippen LogP contribution in [0, 0.1) is 5.92 Å². The van der Waals surface area contributed by atoms with Gasteiger partial charge in [0.25, 0.3) is 0 Å². The minimum atomic E-state index is 0.267. The molecule has 2 unspecified atom stereocenters. The lowest BCUT2D eigenvalue weighted by Gasteiger charge is -2.23. The number of pyridine rings is 1. The van der Waals surface area contributed by atoms with Crippen LogP contribution in [0.1, 0.15) is 19.4 Å². The summed E-state index contributed by atoms with van der Waals surface area (Å²) < 4.78 is 0. The molecule has 1 rings (SSSR count). The molecule has 0 aliphatic carbocycles. The Hall–Kier alpha value is -0.930. The topological polar surface area (TPSA) is 42.1 Å². The van der Waals surface area contributed by atoms with Crippen molar-refractivity contribution in [1.82, 2.24) is 9.88 Å². The fraction of sp³-hybridized carbons (Fsp3) is 0.615. The Morgan fingerprint density at radius 2 is 1.94 bits per heavy atom. The maximum absolute atomic E-state index is 5.86. The lowest BCUT2D eigenvalue weighted by molar-refractivity contribution is 0.271. The van der Waals surface area contributed by atoms with Gasteiger partial charge in [0, 0.05) is 31.5 Å². The highest BCUT2D eigenvalue weighted by Gasteiger charge is 2.10. The number of nitrogens with zero attached hydrogens (tertiary/aromatic N) is 2. The standard InChI is InChI=1S/C13H23N3/c1-11(12(2)14)10-16(3)9-6-13-4-7-15-8-5-13/h4-5,7-8,11-12H,6,9-10,14H2,1-3H3. The third kappa shape index (κ3) is 4.73. The van der Waals surface area contributed by atoms with Crippen molar-refractivity contribution in [3.8, 4) is 0 Å². The summed E-state index contributed by atoms with van der Waals surface area (Å²) in [6, 6.07) is 4.41. The molecule has 90 valence electrons. The van der Waals surface area contributed by atoms with Crippen molar-refractivity contribution in [2.24, 2.45) is 11.7 Å². The van der Waals surface area contributed by atoms with Gasteiger partial charge in [-0.05, 0) is 44.0 Å². The summed E-state index contributed by atoms with van der Waals surface area (Å²) in [4.78, 5) is 6.36. The largest absolute Gasteiger partial charge is 0.328 e. The van der Waals surface area contributed by atoms with E-state index < -0.39 is 0 Å². The number of nitrogens with two attached hydrogens (primary N) is 1. The van der Waals surface area contributed by atoms with Crippen LogP contribution in [-0.2, 0) is 6.42 Å². The number of hydrogen-bond donors (Lipinski definition) is 1. The molecule has 0 radical (unpaired) electrons. The average molecular weight is 221 g/mol. The predicted molar refractivity (Wildman–Crippen MR) is 68.3 cm³/mol. The summed E-state index contributed by atoms with van der Waals surface area (Å²) in [5.74, 6) is 0.544. The van der Waals surface area contributed by atoms with Crippen molar-refractivity contribution in [2.45, 2.75) is 26.3 Å². The first-order chi connectivity index (χ1) is 7.59. The highest BCUT2D eigenvalue weighted by atomic mass is 15.1. The first-order valence-electron chi connectivity index (χ1n) is 5.92. The van der Waals surface area contributed by atoms with Gasteiger partial charge in [-0.3, -0.25) is 4.98 Å². The maximum atomic E-state index is 5.86. The van der Waals surface area contributed by atoms with Crippen LogP contribution in [0.5, 0.6) is 0 Å². The van der Waals surface area contributed by atoms with Crippen LogP contribution in [0.25, 0.3) is 0 Å². The summed E-state index contributed by atoms with van der Waals surface area (Å²) in [7, 11) is 2.15. The zero-order valence-corrected chi connectivity index (χ0v) is 10.6. The van der Waals surface area contributed by atoms with E-state index in [2.05, 4.69) is 42.9 Å². The Morgan fingerprint density at radius 1 is 1.31 bits per heavy atom. The van der Waals surface area contributed by atoms with Crippen LogP contribution in [-0.4, -0.2) is 36.1 Å². The van der Waals surface area contributed by atoms with Crippen molar-refractivity contribution < 1.29 is 0 Å². The zero-order chi connectivity index (χ0) is 12.0. The molecule has 3 nitrogen and oxygen atoms in total. The molecule has 0 saturated heterocycles. The van der Waals surface area contributed by atoms with E-state index in [0.29, 0.717) is 5.92 Å². The molecule has 1 heterocycles. The minimum Gasteiger partial charge on any atom is -0.328 e. The van der Waals surface area contributed by atoms with Crippen LogP contribution < -0.4 is 5.73 Å². The van der Waals surface area contributed by atoms with Crippen LogP contribution >= 0.6 is 0 Å². The zero-order valence-electron chi connectivity index (χ0n) is 10.6. The van der Waals surface area contributed by atoms with Crippen molar-refractivity contribution in [1.29, 1.82) is 0 Å². The minimum absolute atomic E-state index is 0.267. The fourth-order valence-electron chi connectivity index (χ4n) is 1.62. The van der Waals surface area contributed by atoms with Crippen LogP contribution in [0.4, 0.5) is 0 Å². The Morgan fingerprint density at radius 3 is 2.50 bits per heavy atom. The number of likely N-dealkylation sites (N-methyl/N-ethyl adjacent to an activating group) is 1. The molecular formula is C13H23N3. The van der Waals surface area contributed by atoms with Crippen LogP contribution in [0.15, 0.2) is 24.5 Å². The molecule has 0 saturated carbocycles. The van der Waals surface area contributed by atoms with Crippen molar-refractivity contribution >= 4 is 0 Å². The molecule has 0 aliphatic heterocycles. The molecule has 3 heteroatoms. The Labute approximate surface area is 98.7 Å². The van der Waals surface area contributed by atoms with Crippen molar-refractivity contribution in [3.05, 3.63) is 30.1 Å². The molecule has 1 aromatic rings. The van der Waals surface area contributed by atoms with Crippen LogP contribution in [0.2, 0.25) is 0 Å². The number of aromatic nitrogens is 1. The quantitative estimate of drug-likeness (QED) is 0.792. The Balaban J connectivity index is 2.28. The normalized spacial score (nSPS) is 15.1.